The maximum atomic E-state index is 11.7. The number of ether oxygens (including phenoxy) is 1. The molecule has 0 saturated heterocycles. The van der Waals surface area contributed by atoms with E-state index in [4.69, 9.17) is 10.5 Å². The minimum absolute atomic E-state index is 0.374. The van der Waals surface area contributed by atoms with Crippen molar-refractivity contribution >= 4 is 33.1 Å². The largest absolute Gasteiger partial charge is 0.464 e. The average Bonchev–Trinajstić information content (AvgIpc) is 3.03. The van der Waals surface area contributed by atoms with Gasteiger partial charge in [0.25, 0.3) is 0 Å². The van der Waals surface area contributed by atoms with E-state index in [9.17, 15) is 4.79 Å². The number of nitrogens with two attached hydrogens (primary N) is 1. The number of fused-ring (bicyclic) bond motifs is 1. The summed E-state index contributed by atoms with van der Waals surface area (Å²) in [6, 6.07) is 9.86. The molecule has 0 atom stereocenters. The van der Waals surface area contributed by atoms with Gasteiger partial charge in [0.2, 0.25) is 0 Å². The third kappa shape index (κ3) is 2.16. The molecule has 0 amide bonds. The van der Waals surface area contributed by atoms with Crippen LogP contribution in [-0.2, 0) is 11.3 Å². The monoisotopic (exact) mass is 286 g/mol. The summed E-state index contributed by atoms with van der Waals surface area (Å²) in [5, 5.41) is 3.32. The second kappa shape index (κ2) is 5.02. The maximum absolute atomic E-state index is 11.7. The molecule has 2 heterocycles. The molecule has 0 radical (unpaired) electrons. The number of nitrogens with zero attached hydrogens (tertiary/aromatic N) is 1. The van der Waals surface area contributed by atoms with Crippen molar-refractivity contribution in [3.05, 3.63) is 53.2 Å². The van der Waals surface area contributed by atoms with Crippen molar-refractivity contribution in [2.75, 3.05) is 12.8 Å². The van der Waals surface area contributed by atoms with Crippen LogP contribution in [0.15, 0.2) is 41.9 Å². The summed E-state index contributed by atoms with van der Waals surface area (Å²) in [6.07, 6.45) is 1.76. The highest BCUT2D eigenvalue weighted by Crippen LogP contribution is 2.27. The topological polar surface area (TPSA) is 57.2 Å². The molecule has 0 bridgehead atoms. The molecule has 0 fully saturated rings. The van der Waals surface area contributed by atoms with E-state index in [0.717, 1.165) is 0 Å². The number of carbonyl (C=O) groups is 1. The van der Waals surface area contributed by atoms with Gasteiger partial charge in [0.15, 0.2) is 0 Å². The maximum Gasteiger partial charge on any atom is 0.354 e. The number of methoxy groups -OCH3 is 1. The van der Waals surface area contributed by atoms with Crippen molar-refractivity contribution in [3.8, 4) is 0 Å². The Balaban J connectivity index is 2.01. The van der Waals surface area contributed by atoms with Crippen LogP contribution in [0.5, 0.6) is 0 Å². The number of thiophene rings is 1. The molecule has 20 heavy (non-hydrogen) atoms. The zero-order chi connectivity index (χ0) is 14.1. The van der Waals surface area contributed by atoms with Crippen LogP contribution in [-0.4, -0.2) is 17.6 Å². The summed E-state index contributed by atoms with van der Waals surface area (Å²) in [4.78, 5) is 11.7. The molecule has 0 aliphatic carbocycles. The van der Waals surface area contributed by atoms with Crippen LogP contribution in [0, 0.1) is 0 Å². The lowest BCUT2D eigenvalue weighted by atomic mass is 10.2. The fourth-order valence-corrected chi connectivity index (χ4v) is 3.23. The van der Waals surface area contributed by atoms with Gasteiger partial charge in [0, 0.05) is 17.4 Å². The second-order valence-electron chi connectivity index (χ2n) is 4.54. The minimum atomic E-state index is -0.374. The molecular formula is C15H14N2O2S. The SMILES string of the molecule is COC(=O)c1cc(N)cn1Cc1csc2ccccc12. The van der Waals surface area contributed by atoms with Gasteiger partial charge >= 0.3 is 5.97 Å². The Bertz CT molecular complexity index is 773. The Morgan fingerprint density at radius 1 is 1.40 bits per heavy atom. The second-order valence-corrected chi connectivity index (χ2v) is 5.45. The molecule has 0 aliphatic rings. The number of aromatic nitrogens is 1. The lowest BCUT2D eigenvalue weighted by Gasteiger charge is -2.06. The van der Waals surface area contributed by atoms with Gasteiger partial charge in [0.1, 0.15) is 5.69 Å². The predicted octanol–water partition coefficient (Wildman–Crippen LogP) is 3.12. The molecule has 0 saturated carbocycles. The number of rotatable bonds is 3. The normalized spacial score (nSPS) is 10.8. The molecule has 0 unspecified atom stereocenters. The summed E-state index contributed by atoms with van der Waals surface area (Å²) >= 11 is 1.70. The van der Waals surface area contributed by atoms with Crippen molar-refractivity contribution < 1.29 is 9.53 Å². The Hall–Kier alpha value is -2.27. The van der Waals surface area contributed by atoms with E-state index in [2.05, 4.69) is 17.5 Å². The van der Waals surface area contributed by atoms with E-state index in [0.29, 0.717) is 17.9 Å². The van der Waals surface area contributed by atoms with Gasteiger partial charge in [-0.25, -0.2) is 4.79 Å². The van der Waals surface area contributed by atoms with Gasteiger partial charge in [-0.1, -0.05) is 18.2 Å². The summed E-state index contributed by atoms with van der Waals surface area (Å²) in [7, 11) is 1.37. The molecule has 3 aromatic rings. The molecule has 0 spiro atoms. The fraction of sp³-hybridized carbons (Fsp3) is 0.133. The van der Waals surface area contributed by atoms with E-state index < -0.39 is 0 Å². The van der Waals surface area contributed by atoms with Crippen LogP contribution < -0.4 is 5.73 Å². The number of esters is 1. The Morgan fingerprint density at radius 3 is 3.00 bits per heavy atom. The molecular weight excluding hydrogens is 272 g/mol. The summed E-state index contributed by atoms with van der Waals surface area (Å²) in [5.41, 5.74) is 7.99. The van der Waals surface area contributed by atoms with Crippen molar-refractivity contribution in [1.82, 2.24) is 4.57 Å². The van der Waals surface area contributed by atoms with Crippen LogP contribution in [0.4, 0.5) is 5.69 Å². The third-order valence-electron chi connectivity index (χ3n) is 3.21. The lowest BCUT2D eigenvalue weighted by Crippen LogP contribution is -2.10. The van der Waals surface area contributed by atoms with Crippen molar-refractivity contribution in [3.63, 3.8) is 0 Å². The summed E-state index contributed by atoms with van der Waals surface area (Å²) in [6.45, 7) is 0.603. The van der Waals surface area contributed by atoms with Gasteiger partial charge in [-0.2, -0.15) is 0 Å². The number of hydrogen-bond donors (Lipinski definition) is 1. The zero-order valence-corrected chi connectivity index (χ0v) is 11.8. The van der Waals surface area contributed by atoms with E-state index in [1.54, 1.807) is 23.6 Å². The Morgan fingerprint density at radius 2 is 2.20 bits per heavy atom. The van der Waals surface area contributed by atoms with Gasteiger partial charge in [-0.05, 0) is 28.5 Å². The smallest absolute Gasteiger partial charge is 0.354 e. The van der Waals surface area contributed by atoms with Gasteiger partial charge < -0.3 is 15.0 Å². The average molecular weight is 286 g/mol. The Labute approximate surface area is 120 Å². The van der Waals surface area contributed by atoms with Gasteiger partial charge in [-0.15, -0.1) is 11.3 Å². The van der Waals surface area contributed by atoms with Crippen LogP contribution in [0.1, 0.15) is 16.1 Å². The molecule has 4 nitrogen and oxygen atoms in total. The minimum Gasteiger partial charge on any atom is -0.464 e. The number of benzene rings is 1. The predicted molar refractivity (Wildman–Crippen MR) is 81.1 cm³/mol. The molecule has 2 N–H and O–H groups in total. The molecule has 5 heteroatoms. The van der Waals surface area contributed by atoms with Crippen LogP contribution in [0.3, 0.4) is 0 Å². The number of hydrogen-bond acceptors (Lipinski definition) is 4. The number of nitrogen functional groups attached to an aromatic ring is 1. The van der Waals surface area contributed by atoms with Crippen molar-refractivity contribution in [2.24, 2.45) is 0 Å². The quantitative estimate of drug-likeness (QED) is 0.753. The van der Waals surface area contributed by atoms with Crippen LogP contribution >= 0.6 is 11.3 Å². The molecule has 3 rings (SSSR count). The first kappa shape index (κ1) is 12.7. The molecule has 1 aromatic carbocycles. The first-order chi connectivity index (χ1) is 9.69. The highest BCUT2D eigenvalue weighted by Gasteiger charge is 2.14. The highest BCUT2D eigenvalue weighted by atomic mass is 32.1. The zero-order valence-electron chi connectivity index (χ0n) is 11.0. The van der Waals surface area contributed by atoms with E-state index in [1.165, 1.54) is 22.8 Å². The van der Waals surface area contributed by atoms with Gasteiger partial charge in [0.05, 0.1) is 12.8 Å². The Kier molecular flexibility index (Phi) is 3.20. The van der Waals surface area contributed by atoms with E-state index in [-0.39, 0.29) is 5.97 Å². The van der Waals surface area contributed by atoms with Gasteiger partial charge in [-0.3, -0.25) is 0 Å². The summed E-state index contributed by atoms with van der Waals surface area (Å²) in [5.74, 6) is -0.374. The fourth-order valence-electron chi connectivity index (χ4n) is 2.28. The van der Waals surface area contributed by atoms with E-state index in [1.807, 2.05) is 16.7 Å². The first-order valence-electron chi connectivity index (χ1n) is 6.18. The number of carbonyl (C=O) groups excluding carboxylic acids is 1. The van der Waals surface area contributed by atoms with Crippen LogP contribution in [0.25, 0.3) is 10.1 Å². The molecule has 2 aromatic heterocycles. The first-order valence-corrected chi connectivity index (χ1v) is 7.06. The molecule has 0 aliphatic heterocycles. The standard InChI is InChI=1S/C15H14N2O2S/c1-19-15(18)13-6-11(16)8-17(13)7-10-9-20-14-5-3-2-4-12(10)14/h2-6,8-9H,7,16H2,1H3. The lowest BCUT2D eigenvalue weighted by molar-refractivity contribution is 0.0589. The summed E-state index contributed by atoms with van der Waals surface area (Å²) < 4.78 is 7.85. The molecule has 102 valence electrons. The third-order valence-corrected chi connectivity index (χ3v) is 4.23. The highest BCUT2D eigenvalue weighted by molar-refractivity contribution is 7.17. The van der Waals surface area contributed by atoms with E-state index >= 15 is 0 Å². The van der Waals surface area contributed by atoms with Crippen molar-refractivity contribution in [2.45, 2.75) is 6.54 Å². The number of anilines is 1. The van der Waals surface area contributed by atoms with Crippen molar-refractivity contribution in [1.29, 1.82) is 0 Å². The van der Waals surface area contributed by atoms with Crippen LogP contribution in [0.2, 0.25) is 0 Å².